The van der Waals surface area contributed by atoms with Gasteiger partial charge in [-0.2, -0.15) is 0 Å². The Bertz CT molecular complexity index is 326. The monoisotopic (exact) mass is 277 g/mol. The van der Waals surface area contributed by atoms with E-state index < -0.39 is 0 Å². The molecule has 0 radical (unpaired) electrons. The number of nitrogens with zero attached hydrogens (tertiary/aromatic N) is 1. The van der Waals surface area contributed by atoms with Crippen LogP contribution in [0.15, 0.2) is 15.9 Å². The fourth-order valence-corrected chi connectivity index (χ4v) is 2.40. The minimum atomic E-state index is -0.273. The summed E-state index contributed by atoms with van der Waals surface area (Å²) in [7, 11) is 1.51. The normalized spacial score (nSPS) is 12.6. The van der Waals surface area contributed by atoms with Crippen molar-refractivity contribution in [3.05, 3.63) is 20.8 Å². The average Bonchev–Trinajstić information content (AvgIpc) is 2.51. The fraction of sp³-hybridized carbons (Fsp3) is 0.375. The Labute approximate surface area is 95.0 Å². The van der Waals surface area contributed by atoms with E-state index in [1.54, 1.807) is 0 Å². The molecule has 0 aliphatic carbocycles. The van der Waals surface area contributed by atoms with E-state index in [4.69, 9.17) is 11.6 Å². The summed E-state index contributed by atoms with van der Waals surface area (Å²) in [6.45, 7) is 0. The first-order valence-electron chi connectivity index (χ1n) is 4.01. The van der Waals surface area contributed by atoms with Gasteiger partial charge in [0.1, 0.15) is 0 Å². The molecule has 1 aromatic heterocycles. The lowest BCUT2D eigenvalue weighted by Crippen LogP contribution is -2.35. The number of thiophene rings is 1. The maximum Gasteiger partial charge on any atom is 0.238 e. The van der Waals surface area contributed by atoms with Crippen LogP contribution in [0.1, 0.15) is 17.3 Å². The van der Waals surface area contributed by atoms with Crippen molar-refractivity contribution in [3.8, 4) is 0 Å². The molecule has 4 N–H and O–H groups in total. The molecule has 0 fully saturated rings. The lowest BCUT2D eigenvalue weighted by Gasteiger charge is -2.13. The molecule has 0 saturated heterocycles. The molecular formula is C8H12BrN3OS. The number of halogens is 1. The molecule has 0 spiro atoms. The summed E-state index contributed by atoms with van der Waals surface area (Å²) in [5.41, 5.74) is 5.83. The van der Waals surface area contributed by atoms with Gasteiger partial charge in [-0.25, -0.2) is 5.84 Å². The summed E-state index contributed by atoms with van der Waals surface area (Å²) in [6, 6.07) is 1.64. The zero-order valence-corrected chi connectivity index (χ0v) is 10.1. The minimum Gasteiger partial charge on any atom is -0.323 e. The standard InChI is InChI=1S/C8H12BrN3OS/c1-12(11)8(13)3-6(10)7-2-5(9)4-14-7/h2,4,6H,3,10-11H2,1H3. The zero-order valence-electron chi connectivity index (χ0n) is 7.74. The van der Waals surface area contributed by atoms with Gasteiger partial charge in [0.2, 0.25) is 5.91 Å². The smallest absolute Gasteiger partial charge is 0.238 e. The third-order valence-electron chi connectivity index (χ3n) is 1.74. The highest BCUT2D eigenvalue weighted by molar-refractivity contribution is 9.10. The lowest BCUT2D eigenvalue weighted by atomic mass is 10.2. The molecule has 0 aliphatic heterocycles. The molecule has 1 unspecified atom stereocenters. The number of rotatable bonds is 3. The number of hydrazine groups is 1. The molecule has 0 aliphatic rings. The van der Waals surface area contributed by atoms with Crippen LogP contribution in [0.2, 0.25) is 0 Å². The fourth-order valence-electron chi connectivity index (χ4n) is 0.955. The molecule has 78 valence electrons. The number of hydrogen-bond acceptors (Lipinski definition) is 4. The lowest BCUT2D eigenvalue weighted by molar-refractivity contribution is -0.130. The number of hydrogen-bond donors (Lipinski definition) is 2. The van der Waals surface area contributed by atoms with E-state index in [1.807, 2.05) is 11.4 Å². The summed E-state index contributed by atoms with van der Waals surface area (Å²) in [6.07, 6.45) is 0.236. The minimum absolute atomic E-state index is 0.165. The molecule has 1 heterocycles. The van der Waals surface area contributed by atoms with Gasteiger partial charge < -0.3 is 5.73 Å². The maximum atomic E-state index is 11.2. The summed E-state index contributed by atoms with van der Waals surface area (Å²) in [5, 5.41) is 2.99. The number of amides is 1. The van der Waals surface area contributed by atoms with E-state index in [0.717, 1.165) is 14.4 Å². The summed E-state index contributed by atoms with van der Waals surface area (Å²) in [4.78, 5) is 12.2. The van der Waals surface area contributed by atoms with Crippen LogP contribution in [0.25, 0.3) is 0 Å². The van der Waals surface area contributed by atoms with Gasteiger partial charge in [0.15, 0.2) is 0 Å². The highest BCUT2D eigenvalue weighted by Gasteiger charge is 2.14. The van der Waals surface area contributed by atoms with Crippen molar-refractivity contribution in [2.75, 3.05) is 7.05 Å². The summed E-state index contributed by atoms with van der Waals surface area (Å²) in [5.74, 6) is 5.13. The Morgan fingerprint density at radius 2 is 2.43 bits per heavy atom. The van der Waals surface area contributed by atoms with Crippen LogP contribution in [-0.4, -0.2) is 18.0 Å². The molecule has 6 heteroatoms. The highest BCUT2D eigenvalue weighted by Crippen LogP contribution is 2.26. The van der Waals surface area contributed by atoms with Crippen molar-refractivity contribution in [2.24, 2.45) is 11.6 Å². The Balaban J connectivity index is 2.59. The number of nitrogens with two attached hydrogens (primary N) is 2. The van der Waals surface area contributed by atoms with Crippen molar-refractivity contribution < 1.29 is 4.79 Å². The summed E-state index contributed by atoms with van der Waals surface area (Å²) >= 11 is 4.86. The van der Waals surface area contributed by atoms with E-state index in [9.17, 15) is 4.79 Å². The molecule has 1 amide bonds. The molecule has 1 atom stereocenters. The predicted molar refractivity (Wildman–Crippen MR) is 60.5 cm³/mol. The largest absolute Gasteiger partial charge is 0.323 e. The zero-order chi connectivity index (χ0) is 10.7. The first kappa shape index (κ1) is 11.6. The molecule has 1 rings (SSSR count). The van der Waals surface area contributed by atoms with Crippen LogP contribution in [0, 0.1) is 0 Å². The first-order valence-corrected chi connectivity index (χ1v) is 5.68. The topological polar surface area (TPSA) is 72.3 Å². The van der Waals surface area contributed by atoms with Gasteiger partial charge in [0, 0.05) is 34.2 Å². The van der Waals surface area contributed by atoms with Crippen LogP contribution in [0.4, 0.5) is 0 Å². The van der Waals surface area contributed by atoms with Gasteiger partial charge >= 0.3 is 0 Å². The first-order chi connectivity index (χ1) is 6.50. The van der Waals surface area contributed by atoms with Crippen LogP contribution in [-0.2, 0) is 4.79 Å². The van der Waals surface area contributed by atoms with Crippen LogP contribution in [0.5, 0.6) is 0 Å². The van der Waals surface area contributed by atoms with Crippen molar-refractivity contribution in [1.29, 1.82) is 0 Å². The second kappa shape index (κ2) is 4.88. The van der Waals surface area contributed by atoms with Crippen molar-refractivity contribution in [1.82, 2.24) is 5.01 Å². The van der Waals surface area contributed by atoms with E-state index in [-0.39, 0.29) is 18.4 Å². The molecular weight excluding hydrogens is 266 g/mol. The van der Waals surface area contributed by atoms with Crippen molar-refractivity contribution in [3.63, 3.8) is 0 Å². The Hall–Kier alpha value is -0.430. The maximum absolute atomic E-state index is 11.2. The van der Waals surface area contributed by atoms with Gasteiger partial charge in [0.25, 0.3) is 0 Å². The van der Waals surface area contributed by atoms with E-state index in [0.29, 0.717) is 0 Å². The van der Waals surface area contributed by atoms with Gasteiger partial charge in [-0.1, -0.05) is 0 Å². The van der Waals surface area contributed by atoms with E-state index in [1.165, 1.54) is 18.4 Å². The van der Waals surface area contributed by atoms with E-state index in [2.05, 4.69) is 15.9 Å². The molecule has 0 bridgehead atoms. The number of carbonyl (C=O) groups is 1. The van der Waals surface area contributed by atoms with Gasteiger partial charge in [-0.15, -0.1) is 11.3 Å². The highest BCUT2D eigenvalue weighted by atomic mass is 79.9. The molecule has 0 aromatic carbocycles. The van der Waals surface area contributed by atoms with Crippen LogP contribution in [0.3, 0.4) is 0 Å². The Morgan fingerprint density at radius 1 is 1.79 bits per heavy atom. The van der Waals surface area contributed by atoms with Crippen LogP contribution >= 0.6 is 27.3 Å². The third kappa shape index (κ3) is 3.06. The van der Waals surface area contributed by atoms with Crippen LogP contribution < -0.4 is 11.6 Å². The third-order valence-corrected chi connectivity index (χ3v) is 3.57. The van der Waals surface area contributed by atoms with Gasteiger partial charge in [-0.3, -0.25) is 9.80 Å². The van der Waals surface area contributed by atoms with Crippen molar-refractivity contribution in [2.45, 2.75) is 12.5 Å². The van der Waals surface area contributed by atoms with Gasteiger partial charge in [-0.05, 0) is 22.0 Å². The molecule has 0 saturated carbocycles. The molecule has 1 aromatic rings. The van der Waals surface area contributed by atoms with E-state index >= 15 is 0 Å². The Morgan fingerprint density at radius 3 is 2.86 bits per heavy atom. The average molecular weight is 278 g/mol. The second-order valence-corrected chi connectivity index (χ2v) is 4.84. The Kier molecular flexibility index (Phi) is 4.06. The van der Waals surface area contributed by atoms with Gasteiger partial charge in [0.05, 0.1) is 0 Å². The molecule has 4 nitrogen and oxygen atoms in total. The SMILES string of the molecule is CN(N)C(=O)CC(N)c1cc(Br)cs1. The predicted octanol–water partition coefficient (Wildman–Crippen LogP) is 1.23. The number of carbonyl (C=O) groups excluding carboxylic acids is 1. The molecule has 14 heavy (non-hydrogen) atoms. The quantitative estimate of drug-likeness (QED) is 0.496. The second-order valence-electron chi connectivity index (χ2n) is 2.98. The van der Waals surface area contributed by atoms with Crippen molar-refractivity contribution >= 4 is 33.2 Å². The summed E-state index contributed by atoms with van der Waals surface area (Å²) < 4.78 is 0.988.